The van der Waals surface area contributed by atoms with Gasteiger partial charge in [0.1, 0.15) is 0 Å². The summed E-state index contributed by atoms with van der Waals surface area (Å²) in [6.07, 6.45) is 0. The molecular weight excluding hydrogens is 348 g/mol. The van der Waals surface area contributed by atoms with Gasteiger partial charge in [0.05, 0.1) is 35.3 Å². The molecule has 0 bridgehead atoms. The molecular formula is C16H6N2O8-4. The topological polar surface area (TPSA) is 185 Å². The molecule has 0 fully saturated rings. The first-order chi connectivity index (χ1) is 12.2. The van der Waals surface area contributed by atoms with Crippen molar-refractivity contribution >= 4 is 35.3 Å². The van der Waals surface area contributed by atoms with Crippen LogP contribution in [-0.2, 0) is 0 Å². The van der Waals surface area contributed by atoms with Crippen LogP contribution in [0, 0.1) is 0 Å². The molecule has 2 aromatic rings. The van der Waals surface area contributed by atoms with Crippen molar-refractivity contribution in [2.24, 2.45) is 10.2 Å². The fourth-order valence-electron chi connectivity index (χ4n) is 1.92. The van der Waals surface area contributed by atoms with Crippen molar-refractivity contribution in [2.45, 2.75) is 0 Å². The maximum Gasteiger partial charge on any atom is 0.0870 e. The Morgan fingerprint density at radius 2 is 0.731 bits per heavy atom. The summed E-state index contributed by atoms with van der Waals surface area (Å²) in [5, 5.41) is 50.8. The molecule has 0 amide bonds. The molecule has 0 aliphatic rings. The Kier molecular flexibility index (Phi) is 5.07. The second kappa shape index (κ2) is 7.21. The zero-order chi connectivity index (χ0) is 19.4. The van der Waals surface area contributed by atoms with Gasteiger partial charge in [0.2, 0.25) is 0 Å². The third-order valence-corrected chi connectivity index (χ3v) is 3.06. The normalized spacial score (nSPS) is 10.6. The lowest BCUT2D eigenvalue weighted by Gasteiger charge is -2.09. The van der Waals surface area contributed by atoms with Gasteiger partial charge in [-0.1, -0.05) is 0 Å². The van der Waals surface area contributed by atoms with Gasteiger partial charge < -0.3 is 39.6 Å². The molecule has 0 spiro atoms. The number of carboxylic acid groups (broad SMARTS) is 4. The molecule has 0 unspecified atom stereocenters. The van der Waals surface area contributed by atoms with Crippen molar-refractivity contribution in [2.75, 3.05) is 0 Å². The minimum Gasteiger partial charge on any atom is -0.545 e. The van der Waals surface area contributed by atoms with Crippen molar-refractivity contribution in [3.8, 4) is 0 Å². The minimum absolute atomic E-state index is 0.222. The number of nitrogens with zero attached hydrogens (tertiary/aromatic N) is 2. The lowest BCUT2D eigenvalue weighted by atomic mass is 10.1. The van der Waals surface area contributed by atoms with Crippen LogP contribution in [0.4, 0.5) is 11.4 Å². The van der Waals surface area contributed by atoms with Crippen LogP contribution in [0.1, 0.15) is 41.4 Å². The molecule has 132 valence electrons. The van der Waals surface area contributed by atoms with Crippen LogP contribution in [-0.4, -0.2) is 23.9 Å². The maximum absolute atomic E-state index is 10.9. The lowest BCUT2D eigenvalue weighted by molar-refractivity contribution is -0.257. The average Bonchev–Trinajstić information content (AvgIpc) is 2.59. The smallest absolute Gasteiger partial charge is 0.0870 e. The second-order valence-corrected chi connectivity index (χ2v) is 4.89. The van der Waals surface area contributed by atoms with Crippen LogP contribution in [0.3, 0.4) is 0 Å². The summed E-state index contributed by atoms with van der Waals surface area (Å²) < 4.78 is 0. The molecule has 2 rings (SSSR count). The van der Waals surface area contributed by atoms with Gasteiger partial charge in [-0.25, -0.2) is 0 Å². The standard InChI is InChI=1S/C16H10N2O8/c19-13(20)7-1-8(14(21)22)4-11(3-7)17-18-12-5-9(15(23)24)2-10(6-12)16(25)26/h1-6H,(H,19,20)(H,21,22)(H,23,24)(H,25,26)/p-4. The number of carbonyl (C=O) groups excluding carboxylic acids is 4. The Labute approximate surface area is 144 Å². The van der Waals surface area contributed by atoms with E-state index in [-0.39, 0.29) is 11.4 Å². The highest BCUT2D eigenvalue weighted by Crippen LogP contribution is 2.23. The van der Waals surface area contributed by atoms with Crippen molar-refractivity contribution in [3.05, 3.63) is 58.7 Å². The number of benzene rings is 2. The molecule has 26 heavy (non-hydrogen) atoms. The molecule has 0 aliphatic heterocycles. The van der Waals surface area contributed by atoms with Crippen LogP contribution in [0.5, 0.6) is 0 Å². The summed E-state index contributed by atoms with van der Waals surface area (Å²) in [5.74, 6) is -6.66. The number of rotatable bonds is 6. The third-order valence-electron chi connectivity index (χ3n) is 3.06. The van der Waals surface area contributed by atoms with Crippen LogP contribution >= 0.6 is 0 Å². The fraction of sp³-hybridized carbons (Fsp3) is 0. The molecule has 0 saturated heterocycles. The Bertz CT molecular complexity index is 823. The molecule has 10 nitrogen and oxygen atoms in total. The lowest BCUT2D eigenvalue weighted by Crippen LogP contribution is -2.25. The number of carbonyl (C=O) groups is 4. The first-order valence-corrected chi connectivity index (χ1v) is 6.74. The van der Waals surface area contributed by atoms with E-state index in [4.69, 9.17) is 0 Å². The van der Waals surface area contributed by atoms with Crippen molar-refractivity contribution in [3.63, 3.8) is 0 Å². The van der Waals surface area contributed by atoms with E-state index in [1.165, 1.54) is 0 Å². The number of hydrogen-bond donors (Lipinski definition) is 0. The Balaban J connectivity index is 2.49. The predicted octanol–water partition coefficient (Wildman–Crippen LogP) is -2.44. The van der Waals surface area contributed by atoms with Crippen LogP contribution in [0.2, 0.25) is 0 Å². The number of aromatic carboxylic acids is 4. The Morgan fingerprint density at radius 3 is 0.923 bits per heavy atom. The van der Waals surface area contributed by atoms with Crippen molar-refractivity contribution in [1.29, 1.82) is 0 Å². The highest BCUT2D eigenvalue weighted by atomic mass is 16.4. The van der Waals surface area contributed by atoms with E-state index >= 15 is 0 Å². The van der Waals surface area contributed by atoms with E-state index in [0.717, 1.165) is 36.4 Å². The van der Waals surface area contributed by atoms with E-state index in [2.05, 4.69) is 10.2 Å². The second-order valence-electron chi connectivity index (χ2n) is 4.89. The van der Waals surface area contributed by atoms with Crippen molar-refractivity contribution < 1.29 is 39.6 Å². The van der Waals surface area contributed by atoms with E-state index < -0.39 is 46.1 Å². The summed E-state index contributed by atoms with van der Waals surface area (Å²) in [6, 6.07) is 5.41. The zero-order valence-corrected chi connectivity index (χ0v) is 12.6. The third kappa shape index (κ3) is 4.26. The van der Waals surface area contributed by atoms with Crippen molar-refractivity contribution in [1.82, 2.24) is 0 Å². The number of carboxylic acids is 4. The minimum atomic E-state index is -1.66. The van der Waals surface area contributed by atoms with Crippen LogP contribution in [0.15, 0.2) is 46.6 Å². The van der Waals surface area contributed by atoms with Crippen LogP contribution < -0.4 is 20.4 Å². The molecule has 0 aromatic heterocycles. The summed E-state index contributed by atoms with van der Waals surface area (Å²) >= 11 is 0. The first kappa shape index (κ1) is 18.3. The van der Waals surface area contributed by atoms with Crippen LogP contribution in [0.25, 0.3) is 0 Å². The largest absolute Gasteiger partial charge is 0.545 e. The first-order valence-electron chi connectivity index (χ1n) is 6.74. The summed E-state index contributed by atoms with van der Waals surface area (Å²) in [4.78, 5) is 43.6. The Hall–Kier alpha value is -4.08. The van der Waals surface area contributed by atoms with Gasteiger partial charge in [0.15, 0.2) is 0 Å². The Morgan fingerprint density at radius 1 is 0.500 bits per heavy atom. The SMILES string of the molecule is O=C([O-])c1cc(N=Nc2cc(C(=O)[O-])cc(C(=O)[O-])c2)cc(C(=O)[O-])c1. The number of hydrogen-bond acceptors (Lipinski definition) is 10. The van der Waals surface area contributed by atoms with E-state index in [1.54, 1.807) is 0 Å². The monoisotopic (exact) mass is 354 g/mol. The van der Waals surface area contributed by atoms with E-state index in [9.17, 15) is 39.6 Å². The molecule has 0 aliphatic carbocycles. The predicted molar refractivity (Wildman–Crippen MR) is 74.4 cm³/mol. The molecule has 2 aromatic carbocycles. The highest BCUT2D eigenvalue weighted by molar-refractivity contribution is 5.94. The average molecular weight is 354 g/mol. The van der Waals surface area contributed by atoms with E-state index in [0.29, 0.717) is 0 Å². The summed E-state index contributed by atoms with van der Waals surface area (Å²) in [6.45, 7) is 0. The van der Waals surface area contributed by atoms with Gasteiger partial charge in [-0.2, -0.15) is 10.2 Å². The quantitative estimate of drug-likeness (QED) is 0.511. The number of azo groups is 1. The maximum atomic E-state index is 10.9. The summed E-state index contributed by atoms with van der Waals surface area (Å²) in [5.41, 5.74) is -2.45. The van der Waals surface area contributed by atoms with Gasteiger partial charge >= 0.3 is 0 Å². The van der Waals surface area contributed by atoms with Gasteiger partial charge in [0, 0.05) is 22.3 Å². The van der Waals surface area contributed by atoms with Gasteiger partial charge in [-0.3, -0.25) is 0 Å². The van der Waals surface area contributed by atoms with Gasteiger partial charge in [0.25, 0.3) is 0 Å². The van der Waals surface area contributed by atoms with Gasteiger partial charge in [-0.05, 0) is 36.4 Å². The van der Waals surface area contributed by atoms with E-state index in [1.807, 2.05) is 0 Å². The molecule has 10 heteroatoms. The summed E-state index contributed by atoms with van der Waals surface area (Å²) in [7, 11) is 0. The molecule has 0 N–H and O–H groups in total. The molecule has 0 heterocycles. The zero-order valence-electron chi connectivity index (χ0n) is 12.6. The fourth-order valence-corrected chi connectivity index (χ4v) is 1.92. The molecule has 0 radical (unpaired) electrons. The molecule has 0 saturated carbocycles. The highest BCUT2D eigenvalue weighted by Gasteiger charge is 2.05. The molecule has 0 atom stereocenters. The van der Waals surface area contributed by atoms with Gasteiger partial charge in [-0.15, -0.1) is 0 Å².